The largest absolute Gasteiger partial charge is 0.305 e. The molecule has 0 spiro atoms. The summed E-state index contributed by atoms with van der Waals surface area (Å²) in [6, 6.07) is 0.831. The van der Waals surface area contributed by atoms with E-state index in [0.717, 1.165) is 6.04 Å². The molecule has 122 valence electrons. The van der Waals surface area contributed by atoms with Crippen molar-refractivity contribution < 1.29 is 0 Å². The molecule has 4 nitrogen and oxygen atoms in total. The number of fused-ring (bicyclic) bond motifs is 5. The molecule has 21 heavy (non-hydrogen) atoms. The molecule has 3 bridgehead atoms. The maximum absolute atomic E-state index is 2.83. The van der Waals surface area contributed by atoms with Crippen LogP contribution < -0.4 is 0 Å². The van der Waals surface area contributed by atoms with Gasteiger partial charge in [-0.1, -0.05) is 0 Å². The summed E-state index contributed by atoms with van der Waals surface area (Å²) in [6.45, 7) is 12.9. The number of likely N-dealkylation sites (N-methyl/N-ethyl adjacent to an activating group) is 1. The number of nitrogens with zero attached hydrogens (tertiary/aromatic N) is 4. The van der Waals surface area contributed by atoms with E-state index in [1.54, 1.807) is 0 Å². The minimum Gasteiger partial charge on any atom is -0.305 e. The van der Waals surface area contributed by atoms with Gasteiger partial charge in [-0.3, -0.25) is 4.90 Å². The van der Waals surface area contributed by atoms with Gasteiger partial charge in [-0.25, -0.2) is 0 Å². The fourth-order valence-electron chi connectivity index (χ4n) is 4.29. The van der Waals surface area contributed by atoms with E-state index in [9.17, 15) is 0 Å². The van der Waals surface area contributed by atoms with Crippen molar-refractivity contribution >= 4 is 0 Å². The fourth-order valence-corrected chi connectivity index (χ4v) is 4.29. The Hall–Kier alpha value is -0.160. The molecule has 0 saturated carbocycles. The van der Waals surface area contributed by atoms with Gasteiger partial charge < -0.3 is 14.7 Å². The van der Waals surface area contributed by atoms with Crippen LogP contribution in [0.1, 0.15) is 32.1 Å². The van der Waals surface area contributed by atoms with Crippen LogP contribution in [0.3, 0.4) is 0 Å². The zero-order valence-electron chi connectivity index (χ0n) is 14.0. The third-order valence-electron chi connectivity index (χ3n) is 5.74. The molecule has 0 radical (unpaired) electrons. The predicted octanol–water partition coefficient (Wildman–Crippen LogP) is 1.18. The Labute approximate surface area is 131 Å². The van der Waals surface area contributed by atoms with Crippen LogP contribution in [0.2, 0.25) is 0 Å². The van der Waals surface area contributed by atoms with E-state index < -0.39 is 0 Å². The first-order chi connectivity index (χ1) is 10.3. The lowest BCUT2D eigenvalue weighted by Crippen LogP contribution is -2.42. The zero-order valence-corrected chi connectivity index (χ0v) is 14.0. The Balaban J connectivity index is 1.78. The van der Waals surface area contributed by atoms with E-state index in [1.165, 1.54) is 97.6 Å². The highest BCUT2D eigenvalue weighted by atomic mass is 15.2. The molecule has 0 aromatic carbocycles. The minimum atomic E-state index is 0.831. The Morgan fingerprint density at radius 3 is 2.14 bits per heavy atom. The van der Waals surface area contributed by atoms with Gasteiger partial charge in [0.2, 0.25) is 0 Å². The molecule has 3 heterocycles. The second-order valence-electron chi connectivity index (χ2n) is 7.31. The molecular weight excluding hydrogens is 260 g/mol. The Morgan fingerprint density at radius 1 is 0.571 bits per heavy atom. The molecule has 3 fully saturated rings. The van der Waals surface area contributed by atoms with E-state index >= 15 is 0 Å². The first kappa shape index (κ1) is 15.7. The van der Waals surface area contributed by atoms with Crippen LogP contribution in [0.4, 0.5) is 0 Å². The summed E-state index contributed by atoms with van der Waals surface area (Å²) in [4.78, 5) is 10.9. The molecule has 0 amide bonds. The summed E-state index contributed by atoms with van der Waals surface area (Å²) in [5.41, 5.74) is 0. The third-order valence-corrected chi connectivity index (χ3v) is 5.74. The van der Waals surface area contributed by atoms with Crippen LogP contribution in [0.5, 0.6) is 0 Å². The minimum absolute atomic E-state index is 0.831. The number of hydrogen-bond acceptors (Lipinski definition) is 4. The van der Waals surface area contributed by atoms with Crippen molar-refractivity contribution in [2.45, 2.75) is 38.1 Å². The van der Waals surface area contributed by atoms with Gasteiger partial charge in [0.15, 0.2) is 0 Å². The van der Waals surface area contributed by atoms with Crippen LogP contribution in [-0.4, -0.2) is 98.1 Å². The van der Waals surface area contributed by atoms with E-state index in [2.05, 4.69) is 26.6 Å². The average Bonchev–Trinajstić information content (AvgIpc) is 2.53. The molecule has 0 aliphatic carbocycles. The molecular formula is C17H34N4. The summed E-state index contributed by atoms with van der Waals surface area (Å²) in [5.74, 6) is 0. The average molecular weight is 294 g/mol. The molecule has 3 unspecified atom stereocenters. The predicted molar refractivity (Wildman–Crippen MR) is 88.8 cm³/mol. The van der Waals surface area contributed by atoms with Crippen LogP contribution >= 0.6 is 0 Å². The lowest BCUT2D eigenvalue weighted by molar-refractivity contribution is 0.148. The SMILES string of the molecule is CN1CCCN2CCC3CCCN(CCCN3CC1)CC2. The zero-order chi connectivity index (χ0) is 14.5. The van der Waals surface area contributed by atoms with Gasteiger partial charge >= 0.3 is 0 Å². The van der Waals surface area contributed by atoms with Crippen LogP contribution in [0.25, 0.3) is 0 Å². The van der Waals surface area contributed by atoms with Gasteiger partial charge in [0.1, 0.15) is 0 Å². The van der Waals surface area contributed by atoms with Gasteiger partial charge in [0, 0.05) is 32.2 Å². The van der Waals surface area contributed by atoms with Crippen molar-refractivity contribution in [1.82, 2.24) is 19.6 Å². The van der Waals surface area contributed by atoms with Gasteiger partial charge in [-0.05, 0) is 78.4 Å². The first-order valence-corrected chi connectivity index (χ1v) is 9.18. The molecule has 3 aliphatic heterocycles. The maximum Gasteiger partial charge on any atom is 0.0112 e. The molecule has 3 aliphatic rings. The number of hydrogen-bond donors (Lipinski definition) is 0. The summed E-state index contributed by atoms with van der Waals surface area (Å²) in [5, 5.41) is 0. The normalized spacial score (nSPS) is 37.9. The molecule has 0 aromatic heterocycles. The van der Waals surface area contributed by atoms with Gasteiger partial charge in [-0.15, -0.1) is 0 Å². The van der Waals surface area contributed by atoms with E-state index in [1.807, 2.05) is 0 Å². The van der Waals surface area contributed by atoms with E-state index in [4.69, 9.17) is 0 Å². The smallest absolute Gasteiger partial charge is 0.0112 e. The second-order valence-corrected chi connectivity index (χ2v) is 7.31. The van der Waals surface area contributed by atoms with Gasteiger partial charge in [0.25, 0.3) is 0 Å². The highest BCUT2D eigenvalue weighted by Crippen LogP contribution is 2.18. The quantitative estimate of drug-likeness (QED) is 0.665. The Kier molecular flexibility index (Phi) is 5.92. The number of rotatable bonds is 0. The standard InChI is InChI=1S/C17H34N4/c1-18-7-3-9-20-12-6-17-5-2-8-19(14-15-20)10-4-11-21(17)16-13-18/h17H,2-16H2,1H3. The summed E-state index contributed by atoms with van der Waals surface area (Å²) in [6.07, 6.45) is 6.90. The molecule has 4 heteroatoms. The lowest BCUT2D eigenvalue weighted by atomic mass is 10.0. The summed E-state index contributed by atoms with van der Waals surface area (Å²) < 4.78 is 0. The molecule has 3 atom stereocenters. The molecule has 3 rings (SSSR count). The van der Waals surface area contributed by atoms with E-state index in [-0.39, 0.29) is 0 Å². The van der Waals surface area contributed by atoms with Crippen molar-refractivity contribution in [1.29, 1.82) is 0 Å². The second kappa shape index (κ2) is 7.91. The lowest BCUT2D eigenvalue weighted by Gasteiger charge is -2.33. The van der Waals surface area contributed by atoms with Crippen molar-refractivity contribution in [2.24, 2.45) is 0 Å². The van der Waals surface area contributed by atoms with Crippen molar-refractivity contribution in [3.63, 3.8) is 0 Å². The monoisotopic (exact) mass is 294 g/mol. The summed E-state index contributed by atoms with van der Waals surface area (Å²) in [7, 11) is 2.31. The van der Waals surface area contributed by atoms with Gasteiger partial charge in [-0.2, -0.15) is 0 Å². The topological polar surface area (TPSA) is 13.0 Å². The van der Waals surface area contributed by atoms with Crippen molar-refractivity contribution in [3.05, 3.63) is 0 Å². The first-order valence-electron chi connectivity index (χ1n) is 9.18. The van der Waals surface area contributed by atoms with Crippen LogP contribution in [0, 0.1) is 0 Å². The van der Waals surface area contributed by atoms with Crippen LogP contribution in [0.15, 0.2) is 0 Å². The Bertz CT molecular complexity index is 309. The maximum atomic E-state index is 2.83. The third kappa shape index (κ3) is 4.65. The fraction of sp³-hybridized carbons (Fsp3) is 1.00. The highest BCUT2D eigenvalue weighted by molar-refractivity contribution is 4.80. The summed E-state index contributed by atoms with van der Waals surface area (Å²) >= 11 is 0. The molecule has 0 N–H and O–H groups in total. The molecule has 3 saturated heterocycles. The van der Waals surface area contributed by atoms with Crippen LogP contribution in [-0.2, 0) is 0 Å². The molecule has 0 aromatic rings. The van der Waals surface area contributed by atoms with Crippen molar-refractivity contribution in [3.8, 4) is 0 Å². The highest BCUT2D eigenvalue weighted by Gasteiger charge is 2.24. The Morgan fingerprint density at radius 2 is 1.29 bits per heavy atom. The van der Waals surface area contributed by atoms with Crippen molar-refractivity contribution in [2.75, 3.05) is 72.5 Å². The van der Waals surface area contributed by atoms with Gasteiger partial charge in [0.05, 0.1) is 0 Å². The van der Waals surface area contributed by atoms with E-state index in [0.29, 0.717) is 0 Å².